The maximum Gasteiger partial charge on any atom is 0.317 e. The second-order valence-corrected chi connectivity index (χ2v) is 7.96. The molecule has 0 radical (unpaired) electrons. The fourth-order valence-corrected chi connectivity index (χ4v) is 5.04. The number of urea groups is 1. The third kappa shape index (κ3) is 2.78. The number of aryl methyl sites for hydroxylation is 1. The zero-order chi connectivity index (χ0) is 18.4. The van der Waals surface area contributed by atoms with Crippen LogP contribution in [-0.4, -0.2) is 59.6 Å². The number of aromatic nitrogens is 1. The topological polar surface area (TPSA) is 51.4 Å². The van der Waals surface area contributed by atoms with Crippen molar-refractivity contribution in [2.24, 2.45) is 0 Å². The lowest BCUT2D eigenvalue weighted by Gasteiger charge is -2.46. The Bertz CT molecular complexity index is 823. The molecule has 0 unspecified atom stereocenters. The molecule has 2 aromatic rings. The average molecular weight is 354 g/mol. The maximum atomic E-state index is 12.5. The van der Waals surface area contributed by atoms with E-state index < -0.39 is 0 Å². The molecule has 1 aromatic carbocycles. The Balaban J connectivity index is 1.63. The molecular formula is C21H30N4O. The SMILES string of the molecule is CCN(CC)C(=O)N[C@H]1C[C@@H]2c3cc(C)cc4[nH]cc(c34)C[C@H]2N(C)C1. The summed E-state index contributed by atoms with van der Waals surface area (Å²) in [6.07, 6.45) is 4.30. The van der Waals surface area contributed by atoms with Gasteiger partial charge in [0, 0.05) is 54.7 Å². The van der Waals surface area contributed by atoms with Gasteiger partial charge in [-0.05, 0) is 63.4 Å². The van der Waals surface area contributed by atoms with E-state index in [1.165, 1.54) is 27.6 Å². The highest BCUT2D eigenvalue weighted by atomic mass is 16.2. The second kappa shape index (κ2) is 6.62. The minimum Gasteiger partial charge on any atom is -0.361 e. The number of H-pyrrole nitrogens is 1. The predicted octanol–water partition coefficient (Wildman–Crippen LogP) is 3.24. The van der Waals surface area contributed by atoms with Crippen LogP contribution in [0.4, 0.5) is 4.79 Å². The summed E-state index contributed by atoms with van der Waals surface area (Å²) < 4.78 is 0. The summed E-state index contributed by atoms with van der Waals surface area (Å²) in [5.41, 5.74) is 5.46. The molecule has 0 spiro atoms. The molecule has 5 nitrogen and oxygen atoms in total. The molecule has 1 saturated heterocycles. The molecule has 5 heteroatoms. The monoisotopic (exact) mass is 354 g/mol. The number of likely N-dealkylation sites (N-methyl/N-ethyl adjacent to an activating group) is 1. The van der Waals surface area contributed by atoms with Crippen LogP contribution in [0.2, 0.25) is 0 Å². The molecule has 3 atom stereocenters. The number of amides is 2. The third-order valence-electron chi connectivity index (χ3n) is 6.32. The first-order valence-electron chi connectivity index (χ1n) is 9.88. The molecule has 140 valence electrons. The second-order valence-electron chi connectivity index (χ2n) is 7.96. The molecule has 26 heavy (non-hydrogen) atoms. The highest BCUT2D eigenvalue weighted by Crippen LogP contribution is 2.43. The molecule has 2 amide bonds. The zero-order valence-corrected chi connectivity index (χ0v) is 16.3. The standard InChI is InChI=1S/C21H30N4O/c1-5-25(6-2)21(26)23-15-10-16-17-7-13(3)8-18-20(17)14(11-22-18)9-19(16)24(4)12-15/h7-8,11,15-16,19,22H,5-6,9-10,12H2,1-4H3,(H,23,26)/t15-,16+,19+/m0/s1. The number of carbonyl (C=O) groups is 1. The first-order valence-corrected chi connectivity index (χ1v) is 9.88. The molecule has 2 heterocycles. The van der Waals surface area contributed by atoms with E-state index in [-0.39, 0.29) is 12.1 Å². The summed E-state index contributed by atoms with van der Waals surface area (Å²) in [6, 6.07) is 5.39. The van der Waals surface area contributed by atoms with Crippen molar-refractivity contribution >= 4 is 16.9 Å². The summed E-state index contributed by atoms with van der Waals surface area (Å²) in [6.45, 7) is 8.66. The molecule has 2 aliphatic rings. The number of rotatable bonds is 3. The van der Waals surface area contributed by atoms with Crippen LogP contribution < -0.4 is 5.32 Å². The van der Waals surface area contributed by atoms with Gasteiger partial charge in [-0.15, -0.1) is 0 Å². The first-order chi connectivity index (χ1) is 12.5. The largest absolute Gasteiger partial charge is 0.361 e. The number of nitrogens with one attached hydrogen (secondary N) is 2. The highest BCUT2D eigenvalue weighted by molar-refractivity contribution is 5.89. The number of benzene rings is 1. The van der Waals surface area contributed by atoms with E-state index in [9.17, 15) is 4.79 Å². The van der Waals surface area contributed by atoms with Gasteiger partial charge >= 0.3 is 6.03 Å². The van der Waals surface area contributed by atoms with E-state index in [4.69, 9.17) is 0 Å². The Labute approximate surface area is 155 Å². The molecule has 1 aromatic heterocycles. The van der Waals surface area contributed by atoms with Crippen LogP contribution in [0.5, 0.6) is 0 Å². The number of likely N-dealkylation sites (tertiary alicyclic amines) is 1. The Morgan fingerprint density at radius 3 is 2.85 bits per heavy atom. The van der Waals surface area contributed by atoms with Crippen LogP contribution in [0.1, 0.15) is 42.9 Å². The number of hydrogen-bond donors (Lipinski definition) is 2. The van der Waals surface area contributed by atoms with Crippen LogP contribution in [0.15, 0.2) is 18.3 Å². The third-order valence-corrected chi connectivity index (χ3v) is 6.32. The van der Waals surface area contributed by atoms with Gasteiger partial charge in [-0.3, -0.25) is 0 Å². The van der Waals surface area contributed by atoms with Crippen LogP contribution in [0.3, 0.4) is 0 Å². The quantitative estimate of drug-likeness (QED) is 0.889. The minimum atomic E-state index is 0.0689. The minimum absolute atomic E-state index is 0.0689. The molecule has 0 saturated carbocycles. The molecule has 1 aliphatic heterocycles. The number of aromatic amines is 1. The van der Waals surface area contributed by atoms with Crippen LogP contribution >= 0.6 is 0 Å². The Morgan fingerprint density at radius 2 is 2.12 bits per heavy atom. The van der Waals surface area contributed by atoms with Crippen molar-refractivity contribution in [3.8, 4) is 0 Å². The van der Waals surface area contributed by atoms with Crippen molar-refractivity contribution in [1.82, 2.24) is 20.1 Å². The summed E-state index contributed by atoms with van der Waals surface area (Å²) in [4.78, 5) is 20.3. The number of hydrogen-bond acceptors (Lipinski definition) is 2. The normalized spacial score (nSPS) is 25.2. The summed E-state index contributed by atoms with van der Waals surface area (Å²) in [5, 5.41) is 4.70. The van der Waals surface area contributed by atoms with Gasteiger partial charge < -0.3 is 20.1 Å². The van der Waals surface area contributed by atoms with Gasteiger partial charge in [0.1, 0.15) is 0 Å². The van der Waals surface area contributed by atoms with Gasteiger partial charge in [0.2, 0.25) is 0 Å². The van der Waals surface area contributed by atoms with Crippen molar-refractivity contribution in [3.63, 3.8) is 0 Å². The number of fused-ring (bicyclic) bond motifs is 2. The Kier molecular flexibility index (Phi) is 4.43. The number of carbonyl (C=O) groups excluding carboxylic acids is 1. The summed E-state index contributed by atoms with van der Waals surface area (Å²) >= 11 is 0. The van der Waals surface area contributed by atoms with E-state index in [0.29, 0.717) is 12.0 Å². The number of nitrogens with zero attached hydrogens (tertiary/aromatic N) is 2. The predicted molar refractivity (Wildman–Crippen MR) is 106 cm³/mol. The molecule has 1 fully saturated rings. The van der Waals surface area contributed by atoms with Gasteiger partial charge in [0.15, 0.2) is 0 Å². The van der Waals surface area contributed by atoms with Gasteiger partial charge in [-0.1, -0.05) is 6.07 Å². The number of piperidine rings is 1. The van der Waals surface area contributed by atoms with E-state index in [2.05, 4.69) is 47.5 Å². The van der Waals surface area contributed by atoms with Gasteiger partial charge in [0.25, 0.3) is 0 Å². The molecule has 0 bridgehead atoms. The lowest BCUT2D eigenvalue weighted by atomic mass is 9.73. The van der Waals surface area contributed by atoms with Crippen molar-refractivity contribution in [2.45, 2.75) is 51.6 Å². The molecule has 2 N–H and O–H groups in total. The van der Waals surface area contributed by atoms with Crippen LogP contribution in [-0.2, 0) is 6.42 Å². The van der Waals surface area contributed by atoms with Crippen molar-refractivity contribution in [1.29, 1.82) is 0 Å². The van der Waals surface area contributed by atoms with E-state index in [1.54, 1.807) is 0 Å². The van der Waals surface area contributed by atoms with Crippen molar-refractivity contribution < 1.29 is 4.79 Å². The fourth-order valence-electron chi connectivity index (χ4n) is 5.04. The summed E-state index contributed by atoms with van der Waals surface area (Å²) in [5.74, 6) is 0.474. The van der Waals surface area contributed by atoms with Crippen LogP contribution in [0.25, 0.3) is 10.9 Å². The molecule has 1 aliphatic carbocycles. The first kappa shape index (κ1) is 17.4. The Hall–Kier alpha value is -2.01. The smallest absolute Gasteiger partial charge is 0.317 e. The van der Waals surface area contributed by atoms with Crippen molar-refractivity contribution in [3.05, 3.63) is 35.0 Å². The average Bonchev–Trinajstić information content (AvgIpc) is 3.00. The zero-order valence-electron chi connectivity index (χ0n) is 16.3. The maximum absolute atomic E-state index is 12.5. The van der Waals surface area contributed by atoms with Crippen LogP contribution in [0, 0.1) is 6.92 Å². The highest BCUT2D eigenvalue weighted by Gasteiger charge is 2.40. The lowest BCUT2D eigenvalue weighted by Crippen LogP contribution is -2.56. The van der Waals surface area contributed by atoms with Gasteiger partial charge in [0.05, 0.1) is 0 Å². The molecule has 4 rings (SSSR count). The lowest BCUT2D eigenvalue weighted by molar-refractivity contribution is 0.124. The van der Waals surface area contributed by atoms with E-state index in [1.807, 2.05) is 18.7 Å². The Morgan fingerprint density at radius 1 is 1.35 bits per heavy atom. The summed E-state index contributed by atoms with van der Waals surface area (Å²) in [7, 11) is 2.21. The van der Waals surface area contributed by atoms with Crippen molar-refractivity contribution in [2.75, 3.05) is 26.7 Å². The van der Waals surface area contributed by atoms with E-state index in [0.717, 1.165) is 32.5 Å². The fraction of sp³-hybridized carbons (Fsp3) is 0.571. The molecular weight excluding hydrogens is 324 g/mol. The van der Waals surface area contributed by atoms with Gasteiger partial charge in [-0.2, -0.15) is 0 Å². The van der Waals surface area contributed by atoms with Gasteiger partial charge in [-0.25, -0.2) is 4.79 Å². The van der Waals surface area contributed by atoms with E-state index >= 15 is 0 Å².